The topological polar surface area (TPSA) is 51.4 Å². The fourth-order valence-electron chi connectivity index (χ4n) is 2.18. The lowest BCUT2D eigenvalue weighted by atomic mass is 10.1. The van der Waals surface area contributed by atoms with Crippen LogP contribution in [0.5, 0.6) is 0 Å². The van der Waals surface area contributed by atoms with Crippen LogP contribution in [0.2, 0.25) is 0 Å². The molecule has 1 saturated heterocycles. The molecule has 0 unspecified atom stereocenters. The molecule has 6 heteroatoms. The third kappa shape index (κ3) is 3.02. The van der Waals surface area contributed by atoms with Crippen molar-refractivity contribution in [2.45, 2.75) is 12.5 Å². The molecule has 3 rings (SSSR count). The van der Waals surface area contributed by atoms with Gasteiger partial charge in [0.15, 0.2) is 0 Å². The van der Waals surface area contributed by atoms with Crippen LogP contribution >= 0.6 is 0 Å². The predicted octanol–water partition coefficient (Wildman–Crippen LogP) is 1.80. The molecular weight excluding hydrogens is 261 g/mol. The van der Waals surface area contributed by atoms with Gasteiger partial charge in [-0.15, -0.1) is 0 Å². The second-order valence-electron chi connectivity index (χ2n) is 4.97. The van der Waals surface area contributed by atoms with Gasteiger partial charge in [-0.3, -0.25) is 0 Å². The molecular formula is C14H16FN3O2. The van der Waals surface area contributed by atoms with Crippen molar-refractivity contribution in [3.05, 3.63) is 47.4 Å². The molecule has 1 aromatic carbocycles. The highest BCUT2D eigenvalue weighted by molar-refractivity contribution is 5.19. The van der Waals surface area contributed by atoms with Gasteiger partial charge in [-0.25, -0.2) is 4.39 Å². The standard InChI is InChI=1S/C14H16FN3O2/c1-18-6-7-19-12(9-18)14-16-13(20-17-14)8-10-2-4-11(15)5-3-10/h2-5,12H,6-9H2,1H3/t12-/m1/s1. The van der Waals surface area contributed by atoms with Gasteiger partial charge in [-0.2, -0.15) is 4.98 Å². The van der Waals surface area contributed by atoms with Crippen molar-refractivity contribution in [2.75, 3.05) is 26.7 Å². The Kier molecular flexibility index (Phi) is 3.75. The number of likely N-dealkylation sites (N-methyl/N-ethyl adjacent to an activating group) is 1. The minimum atomic E-state index is -0.251. The van der Waals surface area contributed by atoms with E-state index in [1.165, 1.54) is 12.1 Å². The molecule has 0 aliphatic carbocycles. The first-order chi connectivity index (χ1) is 9.70. The largest absolute Gasteiger partial charge is 0.367 e. The van der Waals surface area contributed by atoms with Crippen LogP contribution in [-0.4, -0.2) is 41.8 Å². The molecule has 1 aromatic heterocycles. The van der Waals surface area contributed by atoms with E-state index in [0.29, 0.717) is 24.7 Å². The number of nitrogens with zero attached hydrogens (tertiary/aromatic N) is 3. The summed E-state index contributed by atoms with van der Waals surface area (Å²) >= 11 is 0. The zero-order chi connectivity index (χ0) is 13.9. The minimum Gasteiger partial charge on any atom is -0.367 e. The fraction of sp³-hybridized carbons (Fsp3) is 0.429. The molecule has 0 spiro atoms. The summed E-state index contributed by atoms with van der Waals surface area (Å²) in [5.74, 6) is 0.843. The number of ether oxygens (including phenoxy) is 1. The van der Waals surface area contributed by atoms with E-state index in [1.807, 2.05) is 7.05 Å². The first kappa shape index (κ1) is 13.2. The molecule has 0 radical (unpaired) electrons. The monoisotopic (exact) mass is 277 g/mol. The summed E-state index contributed by atoms with van der Waals surface area (Å²) in [6, 6.07) is 6.27. The van der Waals surface area contributed by atoms with Gasteiger partial charge in [0.05, 0.1) is 13.0 Å². The van der Waals surface area contributed by atoms with E-state index in [1.54, 1.807) is 12.1 Å². The fourth-order valence-corrected chi connectivity index (χ4v) is 2.18. The molecule has 2 heterocycles. The highest BCUT2D eigenvalue weighted by Gasteiger charge is 2.24. The van der Waals surface area contributed by atoms with Crippen LogP contribution in [0.15, 0.2) is 28.8 Å². The van der Waals surface area contributed by atoms with Crippen LogP contribution in [0.3, 0.4) is 0 Å². The Morgan fingerprint density at radius 3 is 2.90 bits per heavy atom. The number of hydrogen-bond donors (Lipinski definition) is 0. The Hall–Kier alpha value is -1.79. The van der Waals surface area contributed by atoms with Crippen LogP contribution in [-0.2, 0) is 11.2 Å². The first-order valence-electron chi connectivity index (χ1n) is 6.58. The number of aromatic nitrogens is 2. The van der Waals surface area contributed by atoms with Crippen LogP contribution in [0.25, 0.3) is 0 Å². The van der Waals surface area contributed by atoms with Crippen molar-refractivity contribution in [2.24, 2.45) is 0 Å². The average molecular weight is 277 g/mol. The Bertz CT molecular complexity index is 570. The molecule has 1 aliphatic heterocycles. The molecule has 1 fully saturated rings. The van der Waals surface area contributed by atoms with Crippen LogP contribution in [0.1, 0.15) is 23.4 Å². The van der Waals surface area contributed by atoms with E-state index >= 15 is 0 Å². The van der Waals surface area contributed by atoms with Gasteiger partial charge in [0.1, 0.15) is 11.9 Å². The highest BCUT2D eigenvalue weighted by atomic mass is 19.1. The molecule has 0 N–H and O–H groups in total. The van der Waals surface area contributed by atoms with Crippen LogP contribution in [0.4, 0.5) is 4.39 Å². The Morgan fingerprint density at radius 1 is 1.35 bits per heavy atom. The van der Waals surface area contributed by atoms with E-state index in [0.717, 1.165) is 18.7 Å². The molecule has 0 amide bonds. The maximum atomic E-state index is 12.8. The summed E-state index contributed by atoms with van der Waals surface area (Å²) in [7, 11) is 2.04. The molecule has 0 bridgehead atoms. The van der Waals surface area contributed by atoms with Gasteiger partial charge >= 0.3 is 0 Å². The smallest absolute Gasteiger partial charge is 0.231 e. The molecule has 2 aromatic rings. The van der Waals surface area contributed by atoms with E-state index in [9.17, 15) is 4.39 Å². The van der Waals surface area contributed by atoms with E-state index in [-0.39, 0.29) is 11.9 Å². The Morgan fingerprint density at radius 2 is 2.15 bits per heavy atom. The van der Waals surface area contributed by atoms with Gasteiger partial charge in [0, 0.05) is 13.1 Å². The first-order valence-corrected chi connectivity index (χ1v) is 6.58. The second-order valence-corrected chi connectivity index (χ2v) is 4.97. The maximum Gasteiger partial charge on any atom is 0.231 e. The van der Waals surface area contributed by atoms with Crippen LogP contribution in [0, 0.1) is 5.82 Å². The summed E-state index contributed by atoms with van der Waals surface area (Å²) in [5, 5.41) is 3.98. The molecule has 0 saturated carbocycles. The molecule has 5 nitrogen and oxygen atoms in total. The minimum absolute atomic E-state index is 0.139. The highest BCUT2D eigenvalue weighted by Crippen LogP contribution is 2.19. The Balaban J connectivity index is 1.68. The number of halogens is 1. The van der Waals surface area contributed by atoms with Gasteiger partial charge in [0.25, 0.3) is 0 Å². The summed E-state index contributed by atoms with van der Waals surface area (Å²) in [5.41, 5.74) is 0.934. The summed E-state index contributed by atoms with van der Waals surface area (Å²) in [6.07, 6.45) is 0.356. The maximum absolute atomic E-state index is 12.8. The lowest BCUT2D eigenvalue weighted by molar-refractivity contribution is -0.0264. The lowest BCUT2D eigenvalue weighted by Crippen LogP contribution is -2.35. The zero-order valence-corrected chi connectivity index (χ0v) is 11.3. The quantitative estimate of drug-likeness (QED) is 0.856. The SMILES string of the molecule is CN1CCO[C@@H](c2noc(Cc3ccc(F)cc3)n2)C1. The van der Waals surface area contributed by atoms with Crippen molar-refractivity contribution in [1.29, 1.82) is 0 Å². The van der Waals surface area contributed by atoms with Gasteiger partial charge in [0.2, 0.25) is 11.7 Å². The number of benzene rings is 1. The molecule has 106 valence electrons. The van der Waals surface area contributed by atoms with Gasteiger partial charge < -0.3 is 14.2 Å². The number of rotatable bonds is 3. The number of morpholine rings is 1. The second kappa shape index (κ2) is 5.68. The molecule has 1 aliphatic rings. The van der Waals surface area contributed by atoms with E-state index in [4.69, 9.17) is 9.26 Å². The van der Waals surface area contributed by atoms with Crippen LogP contribution < -0.4 is 0 Å². The third-order valence-electron chi connectivity index (χ3n) is 3.31. The average Bonchev–Trinajstić information content (AvgIpc) is 2.90. The van der Waals surface area contributed by atoms with Crippen molar-refractivity contribution < 1.29 is 13.7 Å². The summed E-state index contributed by atoms with van der Waals surface area (Å²) in [6.45, 7) is 2.34. The Labute approximate surface area is 116 Å². The number of hydrogen-bond acceptors (Lipinski definition) is 5. The van der Waals surface area contributed by atoms with Crippen molar-refractivity contribution in [3.8, 4) is 0 Å². The van der Waals surface area contributed by atoms with E-state index in [2.05, 4.69) is 15.0 Å². The van der Waals surface area contributed by atoms with E-state index < -0.39 is 0 Å². The van der Waals surface area contributed by atoms with Crippen molar-refractivity contribution in [3.63, 3.8) is 0 Å². The van der Waals surface area contributed by atoms with Crippen molar-refractivity contribution >= 4 is 0 Å². The van der Waals surface area contributed by atoms with Crippen molar-refractivity contribution in [1.82, 2.24) is 15.0 Å². The van der Waals surface area contributed by atoms with Gasteiger partial charge in [-0.05, 0) is 24.7 Å². The summed E-state index contributed by atoms with van der Waals surface area (Å²) < 4.78 is 23.7. The summed E-state index contributed by atoms with van der Waals surface area (Å²) in [4.78, 5) is 6.53. The zero-order valence-electron chi connectivity index (χ0n) is 11.3. The molecule has 20 heavy (non-hydrogen) atoms. The predicted molar refractivity (Wildman–Crippen MR) is 69.7 cm³/mol. The third-order valence-corrected chi connectivity index (χ3v) is 3.31. The molecule has 1 atom stereocenters. The normalized spacial score (nSPS) is 20.2. The van der Waals surface area contributed by atoms with Gasteiger partial charge in [-0.1, -0.05) is 17.3 Å². The lowest BCUT2D eigenvalue weighted by Gasteiger charge is -2.27.